The van der Waals surface area contributed by atoms with E-state index in [0.29, 0.717) is 6.16 Å². The first-order valence-electron chi connectivity index (χ1n) is 5.80. The van der Waals surface area contributed by atoms with Crippen molar-refractivity contribution in [1.29, 1.82) is 0 Å². The van der Waals surface area contributed by atoms with E-state index in [-0.39, 0.29) is 12.7 Å². The first-order chi connectivity index (χ1) is 10.1. The third kappa shape index (κ3) is 3.83. The molecule has 3 aliphatic rings. The van der Waals surface area contributed by atoms with Gasteiger partial charge < -0.3 is 9.05 Å². The maximum atomic E-state index is 13.3. The van der Waals surface area contributed by atoms with Gasteiger partial charge in [-0.15, -0.1) is 36.1 Å². The van der Waals surface area contributed by atoms with Gasteiger partial charge in [0.05, 0.1) is 12.7 Å². The third-order valence-electron chi connectivity index (χ3n) is 2.70. The highest BCUT2D eigenvalue weighted by atomic mass is 32.4. The zero-order valence-electron chi connectivity index (χ0n) is 10.7. The fraction of sp³-hybridized carbons (Fsp3) is 0.375. The summed E-state index contributed by atoms with van der Waals surface area (Å²) in [6, 6.07) is -2.21. The van der Waals surface area contributed by atoms with E-state index < -0.39 is 29.3 Å². The van der Waals surface area contributed by atoms with Crippen molar-refractivity contribution in [3.8, 4) is 0 Å². The highest BCUT2D eigenvalue weighted by Crippen LogP contribution is 2.83. The van der Waals surface area contributed by atoms with Crippen LogP contribution in [0, 0.1) is 0 Å². The second kappa shape index (κ2) is 5.65. The Kier molecular flexibility index (Phi) is 4.39. The van der Waals surface area contributed by atoms with Crippen molar-refractivity contribution in [2.45, 2.75) is 0 Å². The van der Waals surface area contributed by atoms with Gasteiger partial charge in [-0.3, -0.25) is 0 Å². The van der Waals surface area contributed by atoms with Gasteiger partial charge in [-0.05, 0) is 11.6 Å². The first-order valence-corrected chi connectivity index (χ1v) is 13.6. The van der Waals surface area contributed by atoms with Gasteiger partial charge in [0.1, 0.15) is 0 Å². The van der Waals surface area contributed by atoms with E-state index in [0.717, 1.165) is 5.57 Å². The second-order valence-electron chi connectivity index (χ2n) is 4.60. The zero-order chi connectivity index (χ0) is 16.1. The van der Waals surface area contributed by atoms with Crippen molar-refractivity contribution >= 4 is 41.2 Å². The lowest BCUT2D eigenvalue weighted by Gasteiger charge is -2.33. The molecule has 0 atom stereocenters. The van der Waals surface area contributed by atoms with Crippen LogP contribution < -0.4 is 0 Å². The molecule has 0 radical (unpaired) electrons. The summed E-state index contributed by atoms with van der Waals surface area (Å²) in [5, 5.41) is 0. The molecule has 3 rings (SSSR count). The van der Waals surface area contributed by atoms with Gasteiger partial charge in [-0.25, -0.2) is 0 Å². The van der Waals surface area contributed by atoms with Gasteiger partial charge in [0, 0.05) is 12.2 Å². The normalized spacial score (nSPS) is 38.1. The summed E-state index contributed by atoms with van der Waals surface area (Å²) in [5.74, 6) is 0. The lowest BCUT2D eigenvalue weighted by molar-refractivity contribution is 0.280. The number of hydrogen-bond donors (Lipinski definition) is 0. The predicted octanol–water partition coefficient (Wildman–Crippen LogP) is 6.81. The summed E-state index contributed by atoms with van der Waals surface area (Å²) >= 11 is 5.46. The molecular weight excluding hydrogens is 402 g/mol. The predicted molar refractivity (Wildman–Crippen MR) is 84.3 cm³/mol. The number of allylic oxidation sites excluding steroid dienone is 3. The van der Waals surface area contributed by atoms with Crippen LogP contribution in [0.2, 0.25) is 0 Å². The molecule has 0 bridgehead atoms. The average Bonchev–Trinajstić information content (AvgIpc) is 2.82. The molecule has 2 heterocycles. The highest BCUT2D eigenvalue weighted by Gasteiger charge is 2.44. The molecule has 0 saturated carbocycles. The third-order valence-corrected chi connectivity index (χ3v) is 12.4. The Morgan fingerprint density at radius 1 is 1.09 bits per heavy atom. The number of halogens is 4. The molecule has 2 aliphatic heterocycles. The van der Waals surface area contributed by atoms with E-state index in [4.69, 9.17) is 20.9 Å². The summed E-state index contributed by atoms with van der Waals surface area (Å²) in [7, 11) is -14.9. The fourth-order valence-corrected chi connectivity index (χ4v) is 12.6. The smallest absolute Gasteiger partial charge is 0.301 e. The molecular formula is C8H9F4N3O2P4S. The standard InChI is InChI=1S/C8H9F4N3O2P4S/c9-19(10)13-20(11,12)15-21(14-19)16-6-18(22,7-17-21)5-8-3-1-2-4-8/h1-3H,5-7H2. The molecule has 0 N–H and O–H groups in total. The first kappa shape index (κ1) is 17.1. The van der Waals surface area contributed by atoms with Crippen molar-refractivity contribution in [2.75, 3.05) is 18.9 Å². The van der Waals surface area contributed by atoms with E-state index in [1.807, 2.05) is 6.08 Å². The van der Waals surface area contributed by atoms with Gasteiger partial charge in [0.15, 0.2) is 0 Å². The summed E-state index contributed by atoms with van der Waals surface area (Å²) in [5.41, 5.74) is 3.83. The Balaban J connectivity index is 1.85. The fourth-order valence-electron chi connectivity index (χ4n) is 1.86. The molecule has 0 aromatic rings. The van der Waals surface area contributed by atoms with Gasteiger partial charge in [0.2, 0.25) is 0 Å². The minimum Gasteiger partial charge on any atom is -0.301 e. The van der Waals surface area contributed by atoms with Gasteiger partial charge in [-0.2, -0.15) is 0 Å². The summed E-state index contributed by atoms with van der Waals surface area (Å²) in [4.78, 5) is 0. The molecule has 1 aliphatic carbocycles. The topological polar surface area (TPSA) is 55.5 Å². The van der Waals surface area contributed by atoms with E-state index in [1.165, 1.54) is 0 Å². The molecule has 0 unspecified atom stereocenters. The molecule has 22 heavy (non-hydrogen) atoms. The molecule has 0 amide bonds. The molecule has 14 heteroatoms. The van der Waals surface area contributed by atoms with Crippen molar-refractivity contribution in [2.24, 2.45) is 13.5 Å². The number of rotatable bonds is 2. The molecule has 5 nitrogen and oxygen atoms in total. The van der Waals surface area contributed by atoms with Crippen molar-refractivity contribution in [3.63, 3.8) is 0 Å². The summed E-state index contributed by atoms with van der Waals surface area (Å²) in [6.07, 6.45) is 5.57. The van der Waals surface area contributed by atoms with E-state index in [2.05, 4.69) is 19.3 Å². The van der Waals surface area contributed by atoms with Crippen LogP contribution in [0.3, 0.4) is 0 Å². The van der Waals surface area contributed by atoms with Crippen molar-refractivity contribution < 1.29 is 25.8 Å². The monoisotopic (exact) mass is 411 g/mol. The maximum Gasteiger partial charge on any atom is 0.425 e. The Labute approximate surface area is 129 Å². The lowest BCUT2D eigenvalue weighted by atomic mass is 10.4. The Morgan fingerprint density at radius 2 is 1.73 bits per heavy atom. The molecule has 122 valence electrons. The quantitative estimate of drug-likeness (QED) is 0.285. The number of nitrogens with zero attached hydrogens (tertiary/aromatic N) is 3. The highest BCUT2D eigenvalue weighted by molar-refractivity contribution is 8.14. The molecule has 0 aromatic heterocycles. The van der Waals surface area contributed by atoms with Crippen LogP contribution in [0.5, 0.6) is 0 Å². The van der Waals surface area contributed by atoms with Crippen molar-refractivity contribution in [3.05, 3.63) is 29.5 Å². The minimum atomic E-state index is -5.46. The maximum absolute atomic E-state index is 13.3. The van der Waals surface area contributed by atoms with Crippen molar-refractivity contribution in [1.82, 2.24) is 0 Å². The summed E-state index contributed by atoms with van der Waals surface area (Å²) < 4.78 is 71.8. The Bertz CT molecular complexity index is 811. The van der Waals surface area contributed by atoms with E-state index >= 15 is 0 Å². The van der Waals surface area contributed by atoms with Crippen LogP contribution in [-0.2, 0) is 20.9 Å². The van der Waals surface area contributed by atoms with Gasteiger partial charge >= 0.3 is 23.3 Å². The van der Waals surface area contributed by atoms with E-state index in [9.17, 15) is 16.8 Å². The number of hydrogen-bond acceptors (Lipinski definition) is 6. The van der Waals surface area contributed by atoms with Crippen LogP contribution in [0.25, 0.3) is 0 Å². The molecule has 1 saturated heterocycles. The van der Waals surface area contributed by atoms with Crippen LogP contribution in [0.4, 0.5) is 16.8 Å². The zero-order valence-corrected chi connectivity index (χ0v) is 15.1. The SMILES string of the molecule is FP1(F)=NP(F)(F)=NP2(=N1)OCP(=S)(CC1=C=CC=C1)CO2. The minimum absolute atomic E-state index is 0.109. The van der Waals surface area contributed by atoms with Gasteiger partial charge in [-0.1, -0.05) is 24.0 Å². The summed E-state index contributed by atoms with van der Waals surface area (Å²) in [6.45, 7) is 0. The van der Waals surface area contributed by atoms with Crippen LogP contribution in [0.1, 0.15) is 0 Å². The Hall–Kier alpha value is 0.240. The Morgan fingerprint density at radius 3 is 2.27 bits per heavy atom. The molecule has 0 aromatic carbocycles. The average molecular weight is 411 g/mol. The largest absolute Gasteiger partial charge is 0.425 e. The van der Waals surface area contributed by atoms with E-state index in [1.54, 1.807) is 12.2 Å². The van der Waals surface area contributed by atoms with Crippen LogP contribution in [0.15, 0.2) is 43.1 Å². The van der Waals surface area contributed by atoms with Crippen LogP contribution in [-0.4, -0.2) is 18.9 Å². The second-order valence-corrected chi connectivity index (χ2v) is 15.3. The molecule has 1 spiro atoms. The van der Waals surface area contributed by atoms with Gasteiger partial charge in [0.25, 0.3) is 0 Å². The molecule has 1 fully saturated rings. The van der Waals surface area contributed by atoms with Crippen LogP contribution >= 0.6 is 29.3 Å². The lowest BCUT2D eigenvalue weighted by Crippen LogP contribution is -2.11.